The first kappa shape index (κ1) is 14.1. The van der Waals surface area contributed by atoms with Gasteiger partial charge in [0.1, 0.15) is 12.9 Å². The molecule has 19 heavy (non-hydrogen) atoms. The Kier molecular flexibility index (Phi) is 4.66. The smallest absolute Gasteiger partial charge is 0.180 e. The molecule has 0 N–H and O–H groups in total. The van der Waals surface area contributed by atoms with Crippen LogP contribution in [-0.4, -0.2) is 21.9 Å². The highest BCUT2D eigenvalue weighted by molar-refractivity contribution is 9.08. The fraction of sp³-hybridized carbons (Fsp3) is 0.333. The summed E-state index contributed by atoms with van der Waals surface area (Å²) in [5.74, 6) is 1.82. The van der Waals surface area contributed by atoms with Crippen LogP contribution in [0.3, 0.4) is 0 Å². The van der Waals surface area contributed by atoms with Gasteiger partial charge in [0.05, 0.1) is 12.1 Å². The van der Waals surface area contributed by atoms with Gasteiger partial charge in [-0.05, 0) is 17.7 Å². The molecule has 0 unspecified atom stereocenters. The van der Waals surface area contributed by atoms with E-state index < -0.39 is 0 Å². The average Bonchev–Trinajstić information content (AvgIpc) is 2.82. The Balaban J connectivity index is 2.22. The zero-order valence-corrected chi connectivity index (χ0v) is 12.9. The van der Waals surface area contributed by atoms with Gasteiger partial charge in [-0.1, -0.05) is 27.5 Å². The number of aromatic nitrogens is 3. The Morgan fingerprint density at radius 3 is 2.79 bits per heavy atom. The van der Waals surface area contributed by atoms with E-state index in [-0.39, 0.29) is 6.61 Å². The molecule has 2 aromatic rings. The van der Waals surface area contributed by atoms with Crippen molar-refractivity contribution in [3.63, 3.8) is 0 Å². The molecule has 0 aliphatic rings. The van der Waals surface area contributed by atoms with E-state index in [9.17, 15) is 0 Å². The summed E-state index contributed by atoms with van der Waals surface area (Å²) in [4.78, 5) is 4.09. The van der Waals surface area contributed by atoms with Crippen LogP contribution in [0.2, 0.25) is 5.02 Å². The van der Waals surface area contributed by atoms with Gasteiger partial charge in [0.25, 0.3) is 0 Å². The van der Waals surface area contributed by atoms with Gasteiger partial charge in [-0.3, -0.25) is 4.68 Å². The molecular formula is C12H13BrClN3O2. The normalized spacial score (nSPS) is 10.5. The fourth-order valence-electron chi connectivity index (χ4n) is 1.58. The summed E-state index contributed by atoms with van der Waals surface area (Å²) in [5.41, 5.74) is 1.02. The van der Waals surface area contributed by atoms with Gasteiger partial charge in [-0.15, -0.1) is 0 Å². The Labute approximate surface area is 124 Å². The van der Waals surface area contributed by atoms with Crippen LogP contribution in [0.15, 0.2) is 18.5 Å². The lowest BCUT2D eigenvalue weighted by molar-refractivity contribution is 0.271. The molecule has 1 aromatic carbocycles. The monoisotopic (exact) mass is 345 g/mol. The van der Waals surface area contributed by atoms with Gasteiger partial charge in [-0.25, -0.2) is 4.98 Å². The minimum Gasteiger partial charge on any atom is -0.493 e. The minimum atomic E-state index is 0.278. The molecule has 0 spiro atoms. The molecule has 5 nitrogen and oxygen atoms in total. The number of aryl methyl sites for hydroxylation is 1. The molecule has 0 atom stereocenters. The maximum atomic E-state index is 6.20. The molecule has 0 saturated heterocycles. The molecule has 2 rings (SSSR count). The molecule has 0 aliphatic carbocycles. The van der Waals surface area contributed by atoms with Crippen LogP contribution >= 0.6 is 27.5 Å². The third-order valence-electron chi connectivity index (χ3n) is 2.59. The number of ether oxygens (including phenoxy) is 2. The molecule has 102 valence electrons. The first-order valence-electron chi connectivity index (χ1n) is 5.53. The number of nitrogens with zero attached hydrogens (tertiary/aromatic N) is 3. The van der Waals surface area contributed by atoms with E-state index in [0.29, 0.717) is 27.7 Å². The van der Waals surface area contributed by atoms with Crippen LogP contribution in [-0.2, 0) is 19.0 Å². The predicted octanol–water partition coefficient (Wildman–Crippen LogP) is 2.95. The fourth-order valence-corrected chi connectivity index (χ4v) is 2.19. The second-order valence-electron chi connectivity index (χ2n) is 3.83. The number of rotatable bonds is 5. The second kappa shape index (κ2) is 6.25. The average molecular weight is 347 g/mol. The SMILES string of the molecule is COc1cc(CBr)cc(Cl)c1OCc1ncnn1C. The van der Waals surface area contributed by atoms with Crippen LogP contribution in [0.4, 0.5) is 0 Å². The van der Waals surface area contributed by atoms with E-state index in [4.69, 9.17) is 21.1 Å². The van der Waals surface area contributed by atoms with E-state index in [0.717, 1.165) is 5.56 Å². The van der Waals surface area contributed by atoms with Crippen molar-refractivity contribution >= 4 is 27.5 Å². The number of alkyl halides is 1. The molecule has 0 fully saturated rings. The van der Waals surface area contributed by atoms with Crippen molar-refractivity contribution in [2.45, 2.75) is 11.9 Å². The van der Waals surface area contributed by atoms with Gasteiger partial charge < -0.3 is 9.47 Å². The van der Waals surface area contributed by atoms with Crippen molar-refractivity contribution in [2.75, 3.05) is 7.11 Å². The van der Waals surface area contributed by atoms with Gasteiger partial charge in [0.15, 0.2) is 17.3 Å². The molecule has 0 radical (unpaired) electrons. The van der Waals surface area contributed by atoms with Crippen LogP contribution in [0.25, 0.3) is 0 Å². The zero-order valence-electron chi connectivity index (χ0n) is 10.6. The molecule has 0 bridgehead atoms. The Morgan fingerprint density at radius 1 is 1.42 bits per heavy atom. The minimum absolute atomic E-state index is 0.278. The van der Waals surface area contributed by atoms with Crippen molar-refractivity contribution in [2.24, 2.45) is 7.05 Å². The van der Waals surface area contributed by atoms with E-state index in [1.807, 2.05) is 12.1 Å². The zero-order chi connectivity index (χ0) is 13.8. The molecule has 7 heteroatoms. The maximum Gasteiger partial charge on any atom is 0.180 e. The first-order valence-corrected chi connectivity index (χ1v) is 7.03. The molecule has 0 aliphatic heterocycles. The summed E-state index contributed by atoms with van der Waals surface area (Å²) in [6.07, 6.45) is 1.48. The molecular weight excluding hydrogens is 334 g/mol. The lowest BCUT2D eigenvalue weighted by atomic mass is 10.2. The maximum absolute atomic E-state index is 6.20. The summed E-state index contributed by atoms with van der Waals surface area (Å²) in [5, 5.41) is 5.19. The number of hydrogen-bond donors (Lipinski definition) is 0. The lowest BCUT2D eigenvalue weighted by Crippen LogP contribution is -2.05. The van der Waals surface area contributed by atoms with Crippen molar-refractivity contribution in [3.05, 3.63) is 34.9 Å². The third-order valence-corrected chi connectivity index (χ3v) is 3.52. The van der Waals surface area contributed by atoms with Gasteiger partial charge in [0, 0.05) is 12.4 Å². The third kappa shape index (κ3) is 3.19. The number of methoxy groups -OCH3 is 1. The summed E-state index contributed by atoms with van der Waals surface area (Å²) < 4.78 is 12.6. The molecule has 1 aromatic heterocycles. The van der Waals surface area contributed by atoms with E-state index >= 15 is 0 Å². The van der Waals surface area contributed by atoms with E-state index in [1.165, 1.54) is 6.33 Å². The van der Waals surface area contributed by atoms with E-state index in [2.05, 4.69) is 26.0 Å². The number of hydrogen-bond acceptors (Lipinski definition) is 4. The molecule has 0 saturated carbocycles. The second-order valence-corrected chi connectivity index (χ2v) is 4.80. The summed E-state index contributed by atoms with van der Waals surface area (Å²) in [6, 6.07) is 3.72. The van der Waals surface area contributed by atoms with Crippen molar-refractivity contribution in [1.82, 2.24) is 14.8 Å². The first-order chi connectivity index (χ1) is 9.15. The van der Waals surface area contributed by atoms with Crippen molar-refractivity contribution < 1.29 is 9.47 Å². The molecule has 0 amide bonds. The van der Waals surface area contributed by atoms with Crippen LogP contribution in [0.5, 0.6) is 11.5 Å². The van der Waals surface area contributed by atoms with Crippen LogP contribution in [0.1, 0.15) is 11.4 Å². The summed E-state index contributed by atoms with van der Waals surface area (Å²) in [6.45, 7) is 0.278. The summed E-state index contributed by atoms with van der Waals surface area (Å²) >= 11 is 9.59. The Hall–Kier alpha value is -1.27. The highest BCUT2D eigenvalue weighted by atomic mass is 79.9. The largest absolute Gasteiger partial charge is 0.493 e. The van der Waals surface area contributed by atoms with Gasteiger partial charge in [0.2, 0.25) is 0 Å². The predicted molar refractivity (Wildman–Crippen MR) is 76.0 cm³/mol. The topological polar surface area (TPSA) is 49.2 Å². The quantitative estimate of drug-likeness (QED) is 0.781. The van der Waals surface area contributed by atoms with Crippen molar-refractivity contribution in [1.29, 1.82) is 0 Å². The summed E-state index contributed by atoms with van der Waals surface area (Å²) in [7, 11) is 3.39. The van der Waals surface area contributed by atoms with Gasteiger partial charge >= 0.3 is 0 Å². The number of halogens is 2. The highest BCUT2D eigenvalue weighted by Crippen LogP contribution is 2.37. The molecule has 1 heterocycles. The lowest BCUT2D eigenvalue weighted by Gasteiger charge is -2.13. The highest BCUT2D eigenvalue weighted by Gasteiger charge is 2.13. The van der Waals surface area contributed by atoms with Gasteiger partial charge in [-0.2, -0.15) is 5.10 Å². The Bertz CT molecular complexity index is 574. The standard InChI is InChI=1S/C12H13BrClN3O2/c1-17-11(15-7-16-17)6-19-12-9(14)3-8(5-13)4-10(12)18-2/h3-4,7H,5-6H2,1-2H3. The van der Waals surface area contributed by atoms with Crippen LogP contribution < -0.4 is 9.47 Å². The Morgan fingerprint density at radius 2 is 2.21 bits per heavy atom. The van der Waals surface area contributed by atoms with Crippen molar-refractivity contribution in [3.8, 4) is 11.5 Å². The van der Waals surface area contributed by atoms with E-state index in [1.54, 1.807) is 18.8 Å². The number of benzene rings is 1. The van der Waals surface area contributed by atoms with Crippen LogP contribution in [0, 0.1) is 0 Å².